The van der Waals surface area contributed by atoms with E-state index in [9.17, 15) is 0 Å². The molecule has 0 saturated heterocycles. The molecule has 0 aliphatic heterocycles. The van der Waals surface area contributed by atoms with Gasteiger partial charge in [-0.25, -0.2) is 0 Å². The predicted octanol–water partition coefficient (Wildman–Crippen LogP) is 4.54. The minimum Gasteiger partial charge on any atom is -0.456 e. The van der Waals surface area contributed by atoms with E-state index in [1.807, 2.05) is 18.2 Å². The van der Waals surface area contributed by atoms with Gasteiger partial charge in [-0.3, -0.25) is 0 Å². The number of benzene rings is 1. The Bertz CT molecular complexity index is 727. The smallest absolute Gasteiger partial charge is 0.135 e. The van der Waals surface area contributed by atoms with E-state index in [0.717, 1.165) is 23.3 Å². The summed E-state index contributed by atoms with van der Waals surface area (Å²) < 4.78 is 5.74. The number of para-hydroxylation sites is 1. The van der Waals surface area contributed by atoms with E-state index in [4.69, 9.17) is 4.42 Å². The minimum absolute atomic E-state index is 0.948. The molecule has 110 valence electrons. The summed E-state index contributed by atoms with van der Waals surface area (Å²) in [5, 5.41) is 2.40. The first kappa shape index (κ1) is 14.2. The summed E-state index contributed by atoms with van der Waals surface area (Å²) in [6.45, 7) is 2.36. The van der Waals surface area contributed by atoms with Gasteiger partial charge in [0, 0.05) is 10.6 Å². The fourth-order valence-corrected chi connectivity index (χ4v) is 3.13. The summed E-state index contributed by atoms with van der Waals surface area (Å²) in [6.07, 6.45) is 16.8. The lowest BCUT2D eigenvalue weighted by molar-refractivity contribution is 0.385. The van der Waals surface area contributed by atoms with Gasteiger partial charge in [-0.05, 0) is 24.5 Å². The van der Waals surface area contributed by atoms with E-state index in [2.05, 4.69) is 37.3 Å². The maximum atomic E-state index is 5.74. The molecule has 1 nitrogen and oxygen atoms in total. The lowest BCUT2D eigenvalue weighted by Gasteiger charge is -2.15. The van der Waals surface area contributed by atoms with Crippen molar-refractivity contribution in [3.63, 3.8) is 0 Å². The standard InChI is InChI=1S/C13H10O.C7H14/c1-2-6-10-11-7-4-5-9-13(11)14-12(10)8-3-1;1-7-5-3-2-4-6-7/h1-2,4-9H,3H2;7H,2-6H2,1H3. The molecule has 2 aromatic rings. The maximum Gasteiger partial charge on any atom is 0.135 e. The second-order valence-corrected chi connectivity index (χ2v) is 6.15. The maximum absolute atomic E-state index is 5.74. The van der Waals surface area contributed by atoms with Gasteiger partial charge in [-0.2, -0.15) is 0 Å². The minimum atomic E-state index is 0.948. The summed E-state index contributed by atoms with van der Waals surface area (Å²) in [6, 6.07) is 8.15. The molecular formula is C20H24O. The summed E-state index contributed by atoms with van der Waals surface area (Å²) >= 11 is 0. The van der Waals surface area contributed by atoms with Crippen molar-refractivity contribution in [3.8, 4) is 0 Å². The molecule has 0 N–H and O–H groups in total. The van der Waals surface area contributed by atoms with Gasteiger partial charge >= 0.3 is 0 Å². The Labute approximate surface area is 126 Å². The lowest BCUT2D eigenvalue weighted by atomic mass is 9.91. The second-order valence-electron chi connectivity index (χ2n) is 6.15. The molecule has 1 heterocycles. The quantitative estimate of drug-likeness (QED) is 0.690. The normalized spacial score (nSPS) is 18.0. The van der Waals surface area contributed by atoms with Crippen molar-refractivity contribution in [2.45, 2.75) is 45.4 Å². The van der Waals surface area contributed by atoms with Crippen LogP contribution in [0.4, 0.5) is 0 Å². The first-order valence-electron chi connectivity index (χ1n) is 8.19. The number of hydrogen-bond acceptors (Lipinski definition) is 1. The Hall–Kier alpha value is -1.76. The summed E-state index contributed by atoms with van der Waals surface area (Å²) in [4.78, 5) is 0. The molecule has 21 heavy (non-hydrogen) atoms. The topological polar surface area (TPSA) is 13.1 Å². The molecule has 0 amide bonds. The van der Waals surface area contributed by atoms with Crippen LogP contribution in [0.3, 0.4) is 0 Å². The molecule has 0 bridgehead atoms. The van der Waals surface area contributed by atoms with Crippen LogP contribution < -0.4 is 10.6 Å². The Balaban J connectivity index is 0.000000160. The van der Waals surface area contributed by atoms with E-state index in [0.29, 0.717) is 0 Å². The fourth-order valence-electron chi connectivity index (χ4n) is 3.13. The predicted molar refractivity (Wildman–Crippen MR) is 90.4 cm³/mol. The zero-order valence-electron chi connectivity index (χ0n) is 12.8. The van der Waals surface area contributed by atoms with Crippen molar-refractivity contribution in [1.29, 1.82) is 0 Å². The zero-order chi connectivity index (χ0) is 14.5. The van der Waals surface area contributed by atoms with Crippen LogP contribution in [0.25, 0.3) is 23.1 Å². The monoisotopic (exact) mass is 280 g/mol. The van der Waals surface area contributed by atoms with Gasteiger partial charge in [0.1, 0.15) is 11.0 Å². The van der Waals surface area contributed by atoms with Crippen molar-refractivity contribution in [1.82, 2.24) is 0 Å². The summed E-state index contributed by atoms with van der Waals surface area (Å²) in [7, 11) is 0. The third kappa shape index (κ3) is 3.47. The highest BCUT2D eigenvalue weighted by Crippen LogP contribution is 2.22. The fraction of sp³-hybridized carbons (Fsp3) is 0.400. The van der Waals surface area contributed by atoms with Crippen molar-refractivity contribution >= 4 is 23.1 Å². The molecule has 1 heteroatoms. The van der Waals surface area contributed by atoms with Crippen molar-refractivity contribution in [3.05, 3.63) is 47.1 Å². The molecule has 1 aromatic carbocycles. The van der Waals surface area contributed by atoms with E-state index in [1.54, 1.807) is 0 Å². The van der Waals surface area contributed by atoms with Gasteiger partial charge in [0.25, 0.3) is 0 Å². The van der Waals surface area contributed by atoms with Gasteiger partial charge in [0.2, 0.25) is 0 Å². The Kier molecular flexibility index (Phi) is 4.59. The third-order valence-corrected chi connectivity index (χ3v) is 4.39. The molecule has 0 spiro atoms. The molecule has 4 rings (SSSR count). The molecule has 1 saturated carbocycles. The zero-order valence-corrected chi connectivity index (χ0v) is 12.8. The van der Waals surface area contributed by atoms with Crippen LogP contribution in [0.1, 0.15) is 45.4 Å². The van der Waals surface area contributed by atoms with Gasteiger partial charge < -0.3 is 4.42 Å². The van der Waals surface area contributed by atoms with Gasteiger partial charge in [0.15, 0.2) is 0 Å². The van der Waals surface area contributed by atoms with E-state index >= 15 is 0 Å². The van der Waals surface area contributed by atoms with Gasteiger partial charge in [-0.15, -0.1) is 0 Å². The molecule has 0 unspecified atom stereocenters. The van der Waals surface area contributed by atoms with Crippen molar-refractivity contribution < 1.29 is 4.42 Å². The molecule has 2 aliphatic rings. The second kappa shape index (κ2) is 6.80. The van der Waals surface area contributed by atoms with Crippen LogP contribution in [0.15, 0.2) is 40.8 Å². The number of fused-ring (bicyclic) bond motifs is 3. The number of allylic oxidation sites excluding steroid dienone is 2. The van der Waals surface area contributed by atoms with Crippen molar-refractivity contribution in [2.24, 2.45) is 5.92 Å². The number of rotatable bonds is 0. The summed E-state index contributed by atoms with van der Waals surface area (Å²) in [5.41, 5.74) is 1.97. The first-order chi connectivity index (χ1) is 10.3. The highest BCUT2D eigenvalue weighted by molar-refractivity contribution is 5.79. The molecule has 0 atom stereocenters. The Morgan fingerprint density at radius 1 is 1.05 bits per heavy atom. The van der Waals surface area contributed by atoms with Crippen LogP contribution in [0, 0.1) is 5.92 Å². The van der Waals surface area contributed by atoms with Crippen molar-refractivity contribution in [2.75, 3.05) is 0 Å². The average molecular weight is 280 g/mol. The molecule has 2 aliphatic carbocycles. The number of hydrogen-bond donors (Lipinski definition) is 0. The van der Waals surface area contributed by atoms with Crippen LogP contribution in [-0.2, 0) is 0 Å². The largest absolute Gasteiger partial charge is 0.456 e. The van der Waals surface area contributed by atoms with Crippen LogP contribution in [0.2, 0.25) is 0 Å². The van der Waals surface area contributed by atoms with E-state index in [1.165, 1.54) is 42.7 Å². The van der Waals surface area contributed by atoms with Gasteiger partial charge in [0.05, 0.1) is 0 Å². The molecule has 1 fully saturated rings. The molecule has 1 aromatic heterocycles. The first-order valence-corrected chi connectivity index (χ1v) is 8.19. The van der Waals surface area contributed by atoms with Crippen LogP contribution in [0.5, 0.6) is 0 Å². The highest BCUT2D eigenvalue weighted by Gasteiger charge is 2.06. The Morgan fingerprint density at radius 3 is 2.62 bits per heavy atom. The molecule has 0 radical (unpaired) electrons. The number of furan rings is 1. The lowest BCUT2D eigenvalue weighted by Crippen LogP contribution is -2.18. The van der Waals surface area contributed by atoms with E-state index in [-0.39, 0.29) is 0 Å². The third-order valence-electron chi connectivity index (χ3n) is 4.39. The highest BCUT2D eigenvalue weighted by atomic mass is 16.3. The van der Waals surface area contributed by atoms with E-state index < -0.39 is 0 Å². The average Bonchev–Trinajstić information content (AvgIpc) is 2.70. The summed E-state index contributed by atoms with van der Waals surface area (Å²) in [5.74, 6) is 1.04. The van der Waals surface area contributed by atoms with Crippen LogP contribution >= 0.6 is 0 Å². The van der Waals surface area contributed by atoms with Crippen LogP contribution in [-0.4, -0.2) is 0 Å². The Morgan fingerprint density at radius 2 is 1.86 bits per heavy atom. The molecular weight excluding hydrogens is 256 g/mol. The SMILES string of the molecule is C1=CCC=c2oc3ccccc3c2=C1.CC1CCCCC1. The van der Waals surface area contributed by atoms with Gasteiger partial charge in [-0.1, -0.05) is 75.5 Å².